The average molecular weight is 453 g/mol. The number of anilines is 1. The Morgan fingerprint density at radius 3 is 2.97 bits per heavy atom. The highest BCUT2D eigenvalue weighted by Crippen LogP contribution is 2.31. The highest BCUT2D eigenvalue weighted by molar-refractivity contribution is 7.15. The number of amides is 1. The van der Waals surface area contributed by atoms with Gasteiger partial charge in [-0.05, 0) is 55.8 Å². The molecule has 1 amide bonds. The first kappa shape index (κ1) is 20.6. The lowest BCUT2D eigenvalue weighted by Gasteiger charge is -2.14. The molecule has 1 N–H and O–H groups in total. The fourth-order valence-electron chi connectivity index (χ4n) is 3.77. The van der Waals surface area contributed by atoms with Gasteiger partial charge >= 0.3 is 6.09 Å². The number of thiazole rings is 1. The number of aryl methyl sites for hydroxylation is 2. The summed E-state index contributed by atoms with van der Waals surface area (Å²) in [6, 6.07) is 10.2. The van der Waals surface area contributed by atoms with Crippen molar-refractivity contribution < 1.29 is 18.7 Å². The Bertz CT molecular complexity index is 1330. The van der Waals surface area contributed by atoms with Gasteiger partial charge in [0.05, 0.1) is 28.2 Å². The van der Waals surface area contributed by atoms with Crippen molar-refractivity contribution in [3.8, 4) is 10.6 Å². The zero-order chi connectivity index (χ0) is 22.2. The first-order valence-electron chi connectivity index (χ1n) is 10.2. The minimum Gasteiger partial charge on any atom is -0.444 e. The molecule has 0 bridgehead atoms. The molecular weight excluding hydrogens is 431 g/mol. The summed E-state index contributed by atoms with van der Waals surface area (Å²) in [6.07, 6.45) is -0.552. The third-order valence-corrected chi connectivity index (χ3v) is 6.57. The molecule has 0 atom stereocenters. The molecule has 0 radical (unpaired) electrons. The quantitative estimate of drug-likeness (QED) is 0.461. The van der Waals surface area contributed by atoms with Crippen LogP contribution in [0.2, 0.25) is 0 Å². The van der Waals surface area contributed by atoms with Crippen LogP contribution in [0.4, 0.5) is 14.9 Å². The minimum atomic E-state index is -0.552. The minimum absolute atomic E-state index is 0.105. The van der Waals surface area contributed by atoms with E-state index in [-0.39, 0.29) is 12.4 Å². The Balaban J connectivity index is 1.26. The Morgan fingerprint density at radius 2 is 2.12 bits per heavy atom. The number of hydrogen-bond acceptors (Lipinski definition) is 6. The van der Waals surface area contributed by atoms with Crippen molar-refractivity contribution in [1.82, 2.24) is 14.5 Å². The van der Waals surface area contributed by atoms with Gasteiger partial charge in [0.2, 0.25) is 0 Å². The lowest BCUT2D eigenvalue weighted by molar-refractivity contribution is 0.0830. The highest BCUT2D eigenvalue weighted by atomic mass is 32.1. The van der Waals surface area contributed by atoms with Crippen LogP contribution < -0.4 is 5.32 Å². The van der Waals surface area contributed by atoms with Crippen molar-refractivity contribution in [3.05, 3.63) is 64.2 Å². The summed E-state index contributed by atoms with van der Waals surface area (Å²) in [7, 11) is 0. The van der Waals surface area contributed by atoms with Crippen molar-refractivity contribution in [2.45, 2.75) is 33.6 Å². The maximum Gasteiger partial charge on any atom is 0.411 e. The molecule has 2 aromatic heterocycles. The normalized spacial score (nSPS) is 13.2. The smallest absolute Gasteiger partial charge is 0.411 e. The number of imidazole rings is 1. The lowest BCUT2D eigenvalue weighted by atomic mass is 10.1. The molecule has 1 aliphatic rings. The Morgan fingerprint density at radius 1 is 1.25 bits per heavy atom. The standard InChI is InChI=1S/C23H21FN4O3S/c1-13-9-15(24)3-5-17(13)22-25-14(2)20(32-22)11-31-23(29)26-16-4-6-19-18(10-16)27-21-12-30-8-7-28(19)21/h3-6,9-10H,7-8,11-12H2,1-2H3,(H,26,29). The zero-order valence-corrected chi connectivity index (χ0v) is 18.5. The van der Waals surface area contributed by atoms with E-state index in [1.54, 1.807) is 6.07 Å². The second-order valence-electron chi connectivity index (χ2n) is 7.62. The van der Waals surface area contributed by atoms with E-state index >= 15 is 0 Å². The van der Waals surface area contributed by atoms with Crippen molar-refractivity contribution in [2.75, 3.05) is 11.9 Å². The number of aromatic nitrogens is 3. The maximum atomic E-state index is 13.4. The molecule has 0 unspecified atom stereocenters. The van der Waals surface area contributed by atoms with Gasteiger partial charge in [0.15, 0.2) is 0 Å². The fourth-order valence-corrected chi connectivity index (χ4v) is 4.83. The van der Waals surface area contributed by atoms with Gasteiger partial charge in [-0.25, -0.2) is 19.2 Å². The number of benzene rings is 2. The summed E-state index contributed by atoms with van der Waals surface area (Å²) in [5, 5.41) is 3.53. The summed E-state index contributed by atoms with van der Waals surface area (Å²) in [5.41, 5.74) is 4.91. The number of rotatable bonds is 4. The van der Waals surface area contributed by atoms with Gasteiger partial charge in [0.25, 0.3) is 0 Å². The highest BCUT2D eigenvalue weighted by Gasteiger charge is 2.16. The summed E-state index contributed by atoms with van der Waals surface area (Å²) in [5.74, 6) is 0.612. The molecule has 0 spiro atoms. The predicted molar refractivity (Wildman–Crippen MR) is 120 cm³/mol. The van der Waals surface area contributed by atoms with E-state index in [0.717, 1.165) is 50.1 Å². The number of carbonyl (C=O) groups excluding carboxylic acids is 1. The van der Waals surface area contributed by atoms with Gasteiger partial charge in [-0.3, -0.25) is 5.32 Å². The summed E-state index contributed by atoms with van der Waals surface area (Å²) >= 11 is 1.43. The molecule has 0 aliphatic carbocycles. The molecule has 32 heavy (non-hydrogen) atoms. The van der Waals surface area contributed by atoms with Crippen molar-refractivity contribution in [2.24, 2.45) is 0 Å². The summed E-state index contributed by atoms with van der Waals surface area (Å²) in [6.45, 7) is 5.76. The molecule has 164 valence electrons. The van der Waals surface area contributed by atoms with Crippen LogP contribution in [0, 0.1) is 19.7 Å². The van der Waals surface area contributed by atoms with E-state index < -0.39 is 6.09 Å². The molecule has 2 aromatic carbocycles. The van der Waals surface area contributed by atoms with Crippen LogP contribution in [0.15, 0.2) is 36.4 Å². The van der Waals surface area contributed by atoms with Crippen LogP contribution in [0.5, 0.6) is 0 Å². The number of halogens is 1. The summed E-state index contributed by atoms with van der Waals surface area (Å²) < 4.78 is 26.4. The van der Waals surface area contributed by atoms with E-state index in [9.17, 15) is 9.18 Å². The second-order valence-corrected chi connectivity index (χ2v) is 8.71. The number of nitrogens with one attached hydrogen (secondary N) is 1. The van der Waals surface area contributed by atoms with Crippen LogP contribution >= 0.6 is 11.3 Å². The number of nitrogens with zero attached hydrogens (tertiary/aromatic N) is 3. The third kappa shape index (κ3) is 3.96. The molecule has 0 fully saturated rings. The molecular formula is C23H21FN4O3S. The van der Waals surface area contributed by atoms with Crippen molar-refractivity contribution in [1.29, 1.82) is 0 Å². The fraction of sp³-hybridized carbons (Fsp3) is 0.261. The van der Waals surface area contributed by atoms with Gasteiger partial charge in [-0.15, -0.1) is 11.3 Å². The number of carbonyl (C=O) groups is 1. The van der Waals surface area contributed by atoms with Crippen molar-refractivity contribution >= 4 is 34.2 Å². The molecule has 5 rings (SSSR count). The van der Waals surface area contributed by atoms with E-state index in [0.29, 0.717) is 18.9 Å². The van der Waals surface area contributed by atoms with E-state index in [2.05, 4.69) is 19.9 Å². The molecule has 3 heterocycles. The first-order valence-corrected chi connectivity index (χ1v) is 11.0. The number of hydrogen-bond donors (Lipinski definition) is 1. The topological polar surface area (TPSA) is 78.3 Å². The summed E-state index contributed by atoms with van der Waals surface area (Å²) in [4.78, 5) is 22.4. The maximum absolute atomic E-state index is 13.4. The second kappa shape index (κ2) is 8.33. The van der Waals surface area contributed by atoms with E-state index in [1.807, 2.05) is 32.0 Å². The van der Waals surface area contributed by atoms with Gasteiger partial charge in [-0.1, -0.05) is 0 Å². The molecule has 1 aliphatic heterocycles. The molecule has 0 saturated heterocycles. The molecule has 7 nitrogen and oxygen atoms in total. The van der Waals surface area contributed by atoms with Gasteiger partial charge in [-0.2, -0.15) is 0 Å². The lowest BCUT2D eigenvalue weighted by Crippen LogP contribution is -2.16. The third-order valence-electron chi connectivity index (χ3n) is 5.41. The zero-order valence-electron chi connectivity index (χ0n) is 17.6. The number of fused-ring (bicyclic) bond motifs is 3. The Labute approximate surface area is 187 Å². The van der Waals surface area contributed by atoms with Crippen LogP contribution in [0.3, 0.4) is 0 Å². The Kier molecular flexibility index (Phi) is 5.36. The number of ether oxygens (including phenoxy) is 2. The monoisotopic (exact) mass is 452 g/mol. The molecule has 4 aromatic rings. The van der Waals surface area contributed by atoms with Crippen LogP contribution in [-0.4, -0.2) is 27.2 Å². The molecule has 0 saturated carbocycles. The van der Waals surface area contributed by atoms with Gasteiger partial charge < -0.3 is 14.0 Å². The Hall–Kier alpha value is -3.30. The largest absolute Gasteiger partial charge is 0.444 e. The van der Waals surface area contributed by atoms with Gasteiger partial charge in [0, 0.05) is 17.8 Å². The van der Waals surface area contributed by atoms with Crippen LogP contribution in [-0.2, 0) is 29.2 Å². The average Bonchev–Trinajstić information content (AvgIpc) is 3.31. The van der Waals surface area contributed by atoms with Crippen molar-refractivity contribution in [3.63, 3.8) is 0 Å². The van der Waals surface area contributed by atoms with Gasteiger partial charge in [0.1, 0.15) is 29.9 Å². The van der Waals surface area contributed by atoms with Crippen LogP contribution in [0.25, 0.3) is 21.6 Å². The van der Waals surface area contributed by atoms with E-state index in [4.69, 9.17) is 9.47 Å². The first-order chi connectivity index (χ1) is 15.5. The predicted octanol–water partition coefficient (Wildman–Crippen LogP) is 5.19. The SMILES string of the molecule is Cc1cc(F)ccc1-c1nc(C)c(COC(=O)Nc2ccc3c(c2)nc2n3CCOC2)s1. The van der Waals surface area contributed by atoms with E-state index in [1.165, 1.54) is 23.5 Å². The van der Waals surface area contributed by atoms with Crippen LogP contribution in [0.1, 0.15) is 22.0 Å². The molecule has 9 heteroatoms.